The lowest BCUT2D eigenvalue weighted by Crippen LogP contribution is -2.47. The number of hydrogen-bond donors (Lipinski definition) is 1. The van der Waals surface area contributed by atoms with Crippen LogP contribution in [-0.2, 0) is 0 Å². The molecule has 1 aliphatic rings. The van der Waals surface area contributed by atoms with E-state index in [2.05, 4.69) is 60.9 Å². The Morgan fingerprint density at radius 3 is 2.41 bits per heavy atom. The Labute approximate surface area is 184 Å². The van der Waals surface area contributed by atoms with Gasteiger partial charge in [-0.05, 0) is 52.9 Å². The van der Waals surface area contributed by atoms with Gasteiger partial charge in [-0.25, -0.2) is 4.98 Å². The summed E-state index contributed by atoms with van der Waals surface area (Å²) >= 11 is 2.32. The molecular weight excluding hydrogens is 477 g/mol. The maximum Gasteiger partial charge on any atom is 0.229 e. The highest BCUT2D eigenvalue weighted by atomic mass is 127. The molecule has 0 amide bonds. The van der Waals surface area contributed by atoms with E-state index < -0.39 is 0 Å². The minimum absolute atomic E-state index is 0.755. The van der Waals surface area contributed by atoms with Gasteiger partial charge in [0.25, 0.3) is 0 Å². The number of halogens is 1. The third-order valence-electron chi connectivity index (χ3n) is 4.79. The minimum Gasteiger partial charge on any atom is -0.363 e. The number of aromatic nitrogens is 3. The van der Waals surface area contributed by atoms with E-state index >= 15 is 0 Å². The monoisotopic (exact) mass is 501 g/mol. The molecule has 7 nitrogen and oxygen atoms in total. The molecule has 0 saturated carbocycles. The van der Waals surface area contributed by atoms with Gasteiger partial charge in [-0.15, -0.1) is 0 Å². The molecule has 0 aliphatic carbocycles. The van der Waals surface area contributed by atoms with Crippen LogP contribution in [0.1, 0.15) is 0 Å². The summed E-state index contributed by atoms with van der Waals surface area (Å²) in [4.78, 5) is 20.6. The molecule has 29 heavy (non-hydrogen) atoms. The topological polar surface area (TPSA) is 60.4 Å². The normalized spacial score (nSPS) is 14.0. The van der Waals surface area contributed by atoms with Gasteiger partial charge in [0, 0.05) is 61.8 Å². The van der Waals surface area contributed by atoms with Crippen LogP contribution in [-0.4, -0.2) is 55.2 Å². The second kappa shape index (κ2) is 8.81. The Morgan fingerprint density at radius 1 is 0.931 bits per heavy atom. The molecule has 0 radical (unpaired) electrons. The van der Waals surface area contributed by atoms with Gasteiger partial charge in [0.15, 0.2) is 0 Å². The third kappa shape index (κ3) is 4.87. The van der Waals surface area contributed by atoms with Crippen LogP contribution in [0.5, 0.6) is 0 Å². The molecule has 1 saturated heterocycles. The predicted octanol–water partition coefficient (Wildman–Crippen LogP) is 3.61. The van der Waals surface area contributed by atoms with Crippen LogP contribution < -0.4 is 20.0 Å². The van der Waals surface area contributed by atoms with Gasteiger partial charge in [0.2, 0.25) is 5.95 Å². The van der Waals surface area contributed by atoms with E-state index in [-0.39, 0.29) is 0 Å². The van der Waals surface area contributed by atoms with Crippen molar-refractivity contribution in [2.45, 2.75) is 0 Å². The lowest BCUT2D eigenvalue weighted by Gasteiger charge is -2.35. The van der Waals surface area contributed by atoms with Crippen molar-refractivity contribution in [3.63, 3.8) is 0 Å². The van der Waals surface area contributed by atoms with Crippen LogP contribution in [0, 0.1) is 3.57 Å². The fourth-order valence-corrected chi connectivity index (χ4v) is 3.79. The van der Waals surface area contributed by atoms with Crippen molar-refractivity contribution in [1.29, 1.82) is 0 Å². The molecule has 1 fully saturated rings. The molecule has 150 valence electrons. The number of hydrogen-bond acceptors (Lipinski definition) is 7. The number of benzene rings is 1. The first-order valence-electron chi connectivity index (χ1n) is 9.58. The van der Waals surface area contributed by atoms with Gasteiger partial charge in [-0.1, -0.05) is 12.1 Å². The number of nitrogens with zero attached hydrogens (tertiary/aromatic N) is 6. The van der Waals surface area contributed by atoms with E-state index in [0.717, 1.165) is 55.3 Å². The van der Waals surface area contributed by atoms with Crippen molar-refractivity contribution >= 4 is 51.7 Å². The zero-order chi connectivity index (χ0) is 20.2. The second-order valence-corrected chi connectivity index (χ2v) is 8.35. The Kier molecular flexibility index (Phi) is 5.98. The molecule has 3 heterocycles. The van der Waals surface area contributed by atoms with Crippen molar-refractivity contribution in [3.05, 3.63) is 58.3 Å². The van der Waals surface area contributed by atoms with Crippen LogP contribution in [0.4, 0.5) is 29.1 Å². The highest BCUT2D eigenvalue weighted by Crippen LogP contribution is 2.24. The average molecular weight is 501 g/mol. The molecule has 0 atom stereocenters. The van der Waals surface area contributed by atoms with Gasteiger partial charge in [0.1, 0.15) is 17.5 Å². The molecule has 4 rings (SSSR count). The molecule has 0 bridgehead atoms. The quantitative estimate of drug-likeness (QED) is 0.536. The van der Waals surface area contributed by atoms with Crippen LogP contribution in [0.15, 0.2) is 54.7 Å². The van der Waals surface area contributed by atoms with Gasteiger partial charge in [0.05, 0.1) is 0 Å². The summed E-state index contributed by atoms with van der Waals surface area (Å²) in [6.45, 7) is 3.50. The molecule has 1 aromatic carbocycles. The molecule has 1 aliphatic heterocycles. The van der Waals surface area contributed by atoms with Gasteiger partial charge >= 0.3 is 0 Å². The highest BCUT2D eigenvalue weighted by Gasteiger charge is 2.21. The Balaban J connectivity index is 1.53. The molecule has 0 unspecified atom stereocenters. The second-order valence-electron chi connectivity index (χ2n) is 7.10. The van der Waals surface area contributed by atoms with Gasteiger partial charge < -0.3 is 20.0 Å². The summed E-state index contributed by atoms with van der Waals surface area (Å²) in [7, 11) is 4.00. The number of rotatable bonds is 5. The number of anilines is 5. The maximum absolute atomic E-state index is 4.80. The summed E-state index contributed by atoms with van der Waals surface area (Å²) in [5.41, 5.74) is 1.02. The number of pyridine rings is 1. The summed E-state index contributed by atoms with van der Waals surface area (Å²) in [6, 6.07) is 16.3. The number of piperazine rings is 1. The summed E-state index contributed by atoms with van der Waals surface area (Å²) < 4.78 is 1.18. The van der Waals surface area contributed by atoms with Gasteiger partial charge in [-0.3, -0.25) is 0 Å². The van der Waals surface area contributed by atoms with Crippen molar-refractivity contribution in [2.75, 3.05) is 60.3 Å². The largest absolute Gasteiger partial charge is 0.363 e. The van der Waals surface area contributed by atoms with Crippen molar-refractivity contribution in [1.82, 2.24) is 15.0 Å². The minimum atomic E-state index is 0.755. The first-order valence-corrected chi connectivity index (χ1v) is 10.7. The van der Waals surface area contributed by atoms with Crippen LogP contribution in [0.3, 0.4) is 0 Å². The molecule has 0 spiro atoms. The lowest BCUT2D eigenvalue weighted by molar-refractivity contribution is 0.635. The van der Waals surface area contributed by atoms with Crippen molar-refractivity contribution in [3.8, 4) is 0 Å². The van der Waals surface area contributed by atoms with Crippen LogP contribution >= 0.6 is 22.6 Å². The average Bonchev–Trinajstić information content (AvgIpc) is 2.74. The first kappa shape index (κ1) is 19.7. The van der Waals surface area contributed by atoms with E-state index in [9.17, 15) is 0 Å². The highest BCUT2D eigenvalue weighted by molar-refractivity contribution is 14.1. The maximum atomic E-state index is 4.80. The molecular formula is C21H24IN7. The van der Waals surface area contributed by atoms with Crippen LogP contribution in [0.25, 0.3) is 0 Å². The third-order valence-corrected chi connectivity index (χ3v) is 5.46. The SMILES string of the molecule is CN(C)c1cc(Nc2cccc(I)c2)nc(N2CCN(c3ccccn3)CC2)n1. The lowest BCUT2D eigenvalue weighted by atomic mass is 10.3. The first-order chi connectivity index (χ1) is 14.1. The predicted molar refractivity (Wildman–Crippen MR) is 127 cm³/mol. The molecule has 2 aromatic heterocycles. The zero-order valence-electron chi connectivity index (χ0n) is 16.6. The molecule has 1 N–H and O–H groups in total. The van der Waals surface area contributed by atoms with E-state index in [1.165, 1.54) is 3.57 Å². The van der Waals surface area contributed by atoms with Crippen molar-refractivity contribution in [2.24, 2.45) is 0 Å². The standard InChI is InChI=1S/C21H24IN7/c1-27(2)20-15-18(24-17-7-5-6-16(22)14-17)25-21(26-20)29-12-10-28(11-13-29)19-8-3-4-9-23-19/h3-9,14-15H,10-13H2,1-2H3,(H,24,25,26). The van der Waals surface area contributed by atoms with E-state index in [1.54, 1.807) is 0 Å². The molecule has 3 aromatic rings. The summed E-state index contributed by atoms with van der Waals surface area (Å²) in [5, 5.41) is 3.42. The van der Waals surface area contributed by atoms with E-state index in [1.807, 2.05) is 55.5 Å². The van der Waals surface area contributed by atoms with E-state index in [0.29, 0.717) is 0 Å². The Bertz CT molecular complexity index is 956. The van der Waals surface area contributed by atoms with E-state index in [4.69, 9.17) is 9.97 Å². The van der Waals surface area contributed by atoms with Crippen molar-refractivity contribution < 1.29 is 0 Å². The summed E-state index contributed by atoms with van der Waals surface area (Å²) in [6.07, 6.45) is 1.84. The van der Waals surface area contributed by atoms with Crippen LogP contribution in [0.2, 0.25) is 0 Å². The fourth-order valence-electron chi connectivity index (χ4n) is 3.25. The Hall–Kier alpha value is -2.62. The summed E-state index contributed by atoms with van der Waals surface area (Å²) in [5.74, 6) is 3.46. The smallest absolute Gasteiger partial charge is 0.229 e. The fraction of sp³-hybridized carbons (Fsp3) is 0.286. The molecule has 8 heteroatoms. The number of nitrogens with one attached hydrogen (secondary N) is 1. The van der Waals surface area contributed by atoms with Gasteiger partial charge in [-0.2, -0.15) is 9.97 Å². The Morgan fingerprint density at radius 2 is 1.72 bits per heavy atom. The zero-order valence-corrected chi connectivity index (χ0v) is 18.7.